The Balaban J connectivity index is 2.10. The van der Waals surface area contributed by atoms with Crippen molar-refractivity contribution in [1.82, 2.24) is 0 Å². The highest BCUT2D eigenvalue weighted by Crippen LogP contribution is 2.41. The maximum absolute atomic E-state index is 14.6. The van der Waals surface area contributed by atoms with Crippen molar-refractivity contribution in [1.29, 1.82) is 0 Å². The molecule has 0 N–H and O–H groups in total. The second kappa shape index (κ2) is 6.84. The van der Waals surface area contributed by atoms with E-state index in [9.17, 15) is 30.4 Å². The predicted molar refractivity (Wildman–Crippen MR) is 96.2 cm³/mol. The molecule has 0 saturated carbocycles. The van der Waals surface area contributed by atoms with Crippen molar-refractivity contribution in [3.05, 3.63) is 76.4 Å². The van der Waals surface area contributed by atoms with Crippen LogP contribution < -0.4 is 0 Å². The van der Waals surface area contributed by atoms with Crippen LogP contribution in [-0.4, -0.2) is 14.7 Å². The summed E-state index contributed by atoms with van der Waals surface area (Å²) in [7, 11) is -3.96. The molecule has 0 heterocycles. The standard InChI is InChI=1S/C20H15F5O2S/c1-11-6-7-12(8-16(11)20(23,24)25)13-4-3-5-14(13)15-9-18(22)19(10-17(15)21)28(2,26)27/h4-10H,3H2,1-2H3. The third kappa shape index (κ3) is 3.73. The molecule has 0 atom stereocenters. The van der Waals surface area contributed by atoms with E-state index >= 15 is 0 Å². The smallest absolute Gasteiger partial charge is 0.224 e. The number of allylic oxidation sites excluding steroid dienone is 4. The van der Waals surface area contributed by atoms with Crippen molar-refractivity contribution in [2.75, 3.05) is 6.26 Å². The topological polar surface area (TPSA) is 34.1 Å². The minimum Gasteiger partial charge on any atom is -0.224 e. The van der Waals surface area contributed by atoms with E-state index in [1.807, 2.05) is 0 Å². The Labute approximate surface area is 158 Å². The normalized spacial score (nSPS) is 14.8. The number of benzene rings is 2. The van der Waals surface area contributed by atoms with Crippen LogP contribution in [0.15, 0.2) is 47.4 Å². The van der Waals surface area contributed by atoms with E-state index in [-0.39, 0.29) is 22.3 Å². The summed E-state index contributed by atoms with van der Waals surface area (Å²) in [5.74, 6) is -2.09. The monoisotopic (exact) mass is 414 g/mol. The molecule has 0 aromatic heterocycles. The number of rotatable bonds is 3. The van der Waals surface area contributed by atoms with Crippen molar-refractivity contribution in [3.63, 3.8) is 0 Å². The number of sulfone groups is 1. The molecule has 0 aliphatic heterocycles. The lowest BCUT2D eigenvalue weighted by atomic mass is 9.92. The van der Waals surface area contributed by atoms with Gasteiger partial charge >= 0.3 is 6.18 Å². The molecule has 1 aliphatic carbocycles. The SMILES string of the molecule is Cc1ccc(C2=CCC=C2c2cc(F)c(S(C)(=O)=O)cc2F)cc1C(F)(F)F. The zero-order chi connectivity index (χ0) is 20.9. The Kier molecular flexibility index (Phi) is 4.95. The molecule has 0 fully saturated rings. The number of halogens is 5. The summed E-state index contributed by atoms with van der Waals surface area (Å²) in [6.07, 6.45) is -0.287. The van der Waals surface area contributed by atoms with Crippen LogP contribution in [0.4, 0.5) is 22.0 Å². The van der Waals surface area contributed by atoms with Gasteiger partial charge in [-0.05, 0) is 53.8 Å². The molecule has 0 radical (unpaired) electrons. The van der Waals surface area contributed by atoms with Gasteiger partial charge in [-0.2, -0.15) is 13.2 Å². The Morgan fingerprint density at radius 3 is 2.18 bits per heavy atom. The molecule has 1 aliphatic rings. The van der Waals surface area contributed by atoms with Gasteiger partial charge in [-0.3, -0.25) is 0 Å². The van der Waals surface area contributed by atoms with E-state index < -0.39 is 38.1 Å². The largest absolute Gasteiger partial charge is 0.416 e. The fourth-order valence-electron chi connectivity index (χ4n) is 3.16. The zero-order valence-corrected chi connectivity index (χ0v) is 15.7. The van der Waals surface area contributed by atoms with Gasteiger partial charge in [-0.15, -0.1) is 0 Å². The second-order valence-corrected chi connectivity index (χ2v) is 8.52. The number of hydrogen-bond donors (Lipinski definition) is 0. The molecule has 148 valence electrons. The molecule has 0 saturated heterocycles. The summed E-state index contributed by atoms with van der Waals surface area (Å²) in [6.45, 7) is 1.34. The fourth-order valence-corrected chi connectivity index (χ4v) is 3.89. The van der Waals surface area contributed by atoms with Crippen LogP contribution >= 0.6 is 0 Å². The fraction of sp³-hybridized carbons (Fsp3) is 0.200. The lowest BCUT2D eigenvalue weighted by Gasteiger charge is -2.15. The van der Waals surface area contributed by atoms with Gasteiger partial charge in [0.1, 0.15) is 16.5 Å². The summed E-state index contributed by atoms with van der Waals surface area (Å²) >= 11 is 0. The average Bonchev–Trinajstić information content (AvgIpc) is 3.04. The molecule has 0 unspecified atom stereocenters. The lowest BCUT2D eigenvalue weighted by molar-refractivity contribution is -0.138. The zero-order valence-electron chi connectivity index (χ0n) is 14.9. The minimum absolute atomic E-state index is 0.0510. The van der Waals surface area contributed by atoms with E-state index in [0.717, 1.165) is 18.4 Å². The first kappa shape index (κ1) is 20.3. The van der Waals surface area contributed by atoms with E-state index in [4.69, 9.17) is 0 Å². The summed E-state index contributed by atoms with van der Waals surface area (Å²) < 4.78 is 91.5. The quantitative estimate of drug-likeness (QED) is 0.616. The van der Waals surface area contributed by atoms with Crippen molar-refractivity contribution in [2.24, 2.45) is 0 Å². The maximum atomic E-state index is 14.6. The second-order valence-electron chi connectivity index (χ2n) is 6.53. The molecule has 0 amide bonds. The number of alkyl halides is 3. The van der Waals surface area contributed by atoms with Crippen LogP contribution in [0, 0.1) is 18.6 Å². The molecule has 0 bridgehead atoms. The third-order valence-electron chi connectivity index (χ3n) is 4.50. The Hall–Kier alpha value is -2.48. The van der Waals surface area contributed by atoms with Crippen molar-refractivity contribution < 1.29 is 30.4 Å². The Morgan fingerprint density at radius 2 is 1.57 bits per heavy atom. The molecular formula is C20H15F5O2S. The number of hydrogen-bond acceptors (Lipinski definition) is 2. The first-order valence-corrected chi connectivity index (χ1v) is 10.1. The summed E-state index contributed by atoms with van der Waals surface area (Å²) in [5, 5.41) is 0. The Bertz CT molecular complexity index is 1130. The summed E-state index contributed by atoms with van der Waals surface area (Å²) in [5.41, 5.74) is -0.202. The van der Waals surface area contributed by atoms with E-state index in [2.05, 4.69) is 0 Å². The van der Waals surface area contributed by atoms with Crippen LogP contribution in [0.2, 0.25) is 0 Å². The van der Waals surface area contributed by atoms with Gasteiger partial charge in [0.05, 0.1) is 5.56 Å². The maximum Gasteiger partial charge on any atom is 0.416 e. The van der Waals surface area contributed by atoms with Crippen LogP contribution in [0.1, 0.15) is 28.7 Å². The van der Waals surface area contributed by atoms with Gasteiger partial charge in [0.25, 0.3) is 0 Å². The van der Waals surface area contributed by atoms with Crippen molar-refractivity contribution in [2.45, 2.75) is 24.4 Å². The van der Waals surface area contributed by atoms with Crippen LogP contribution in [0.3, 0.4) is 0 Å². The van der Waals surface area contributed by atoms with Gasteiger partial charge in [0.2, 0.25) is 0 Å². The first-order valence-electron chi connectivity index (χ1n) is 8.18. The van der Waals surface area contributed by atoms with Crippen molar-refractivity contribution >= 4 is 21.0 Å². The molecule has 0 spiro atoms. The minimum atomic E-state index is -4.54. The molecule has 2 aromatic carbocycles. The molecule has 8 heteroatoms. The van der Waals surface area contributed by atoms with Gasteiger partial charge in [0, 0.05) is 11.8 Å². The Morgan fingerprint density at radius 1 is 0.929 bits per heavy atom. The van der Waals surface area contributed by atoms with Crippen LogP contribution in [0.5, 0.6) is 0 Å². The highest BCUT2D eigenvalue weighted by Gasteiger charge is 2.33. The first-order chi connectivity index (χ1) is 12.9. The summed E-state index contributed by atoms with van der Waals surface area (Å²) in [6, 6.07) is 5.12. The van der Waals surface area contributed by atoms with E-state index in [1.165, 1.54) is 19.1 Å². The lowest BCUT2D eigenvalue weighted by Crippen LogP contribution is -2.08. The molecule has 3 rings (SSSR count). The summed E-state index contributed by atoms with van der Waals surface area (Å²) in [4.78, 5) is -0.771. The van der Waals surface area contributed by atoms with Gasteiger partial charge < -0.3 is 0 Å². The molecule has 2 aromatic rings. The molecular weight excluding hydrogens is 399 g/mol. The predicted octanol–water partition coefficient (Wildman–Crippen LogP) is 5.57. The number of aryl methyl sites for hydroxylation is 1. The molecule has 2 nitrogen and oxygen atoms in total. The van der Waals surface area contributed by atoms with Crippen LogP contribution in [-0.2, 0) is 16.0 Å². The molecule has 28 heavy (non-hydrogen) atoms. The van der Waals surface area contributed by atoms with Crippen LogP contribution in [0.25, 0.3) is 11.1 Å². The average molecular weight is 414 g/mol. The third-order valence-corrected chi connectivity index (χ3v) is 5.61. The highest BCUT2D eigenvalue weighted by molar-refractivity contribution is 7.90. The van der Waals surface area contributed by atoms with E-state index in [1.54, 1.807) is 12.2 Å². The van der Waals surface area contributed by atoms with Gasteiger partial charge in [-0.1, -0.05) is 24.3 Å². The van der Waals surface area contributed by atoms with Crippen molar-refractivity contribution in [3.8, 4) is 0 Å². The van der Waals surface area contributed by atoms with Gasteiger partial charge in [-0.25, -0.2) is 17.2 Å². The van der Waals surface area contributed by atoms with E-state index in [0.29, 0.717) is 18.1 Å². The highest BCUT2D eigenvalue weighted by atomic mass is 32.2. The van der Waals surface area contributed by atoms with Gasteiger partial charge in [0.15, 0.2) is 9.84 Å².